The summed E-state index contributed by atoms with van der Waals surface area (Å²) < 4.78 is 10.7. The summed E-state index contributed by atoms with van der Waals surface area (Å²) >= 11 is 0. The van der Waals surface area contributed by atoms with Crippen LogP contribution in [-0.2, 0) is 4.74 Å². The van der Waals surface area contributed by atoms with Gasteiger partial charge in [-0.05, 0) is 58.0 Å². The van der Waals surface area contributed by atoms with Crippen molar-refractivity contribution in [1.29, 1.82) is 0 Å². The van der Waals surface area contributed by atoms with Gasteiger partial charge in [0.05, 0.1) is 18.8 Å². The summed E-state index contributed by atoms with van der Waals surface area (Å²) in [5.74, 6) is 0.254. The van der Waals surface area contributed by atoms with E-state index in [-0.39, 0.29) is 0 Å². The Hall–Kier alpha value is -1.75. The normalized spacial score (nSPS) is 18.7. The number of nitrogen functional groups attached to an aromatic ring is 1. The number of nitrogens with zero attached hydrogens (tertiary/aromatic N) is 1. The monoisotopic (exact) mass is 292 g/mol. The van der Waals surface area contributed by atoms with E-state index in [1.165, 1.54) is 19.4 Å². The number of nitrogens with two attached hydrogens (primary N) is 1. The lowest BCUT2D eigenvalue weighted by Crippen LogP contribution is -2.26. The number of likely N-dealkylation sites (tertiary alicyclic amines) is 1. The number of hydrogen-bond acceptors (Lipinski definition) is 5. The molecule has 1 aromatic carbocycles. The van der Waals surface area contributed by atoms with Gasteiger partial charge < -0.3 is 20.1 Å². The van der Waals surface area contributed by atoms with Gasteiger partial charge in [0.2, 0.25) is 0 Å². The highest BCUT2D eigenvalue weighted by Crippen LogP contribution is 2.22. The van der Waals surface area contributed by atoms with Gasteiger partial charge in [0, 0.05) is 11.7 Å². The van der Waals surface area contributed by atoms with Crippen LogP contribution >= 0.6 is 0 Å². The highest BCUT2D eigenvalue weighted by Gasteiger charge is 2.20. The van der Waals surface area contributed by atoms with E-state index in [0.29, 0.717) is 36.3 Å². The maximum absolute atomic E-state index is 11.8. The van der Waals surface area contributed by atoms with Crippen LogP contribution in [0.5, 0.6) is 5.75 Å². The Morgan fingerprint density at radius 2 is 2.29 bits per heavy atom. The van der Waals surface area contributed by atoms with Gasteiger partial charge in [0.25, 0.3) is 0 Å². The average molecular weight is 292 g/mol. The number of carbonyl (C=O) groups excluding carboxylic acids is 1. The van der Waals surface area contributed by atoms with Crippen LogP contribution in [0.1, 0.15) is 36.5 Å². The van der Waals surface area contributed by atoms with Crippen LogP contribution in [0.25, 0.3) is 0 Å². The molecule has 1 heterocycles. The highest BCUT2D eigenvalue weighted by atomic mass is 16.5. The first-order chi connectivity index (χ1) is 10.1. The summed E-state index contributed by atoms with van der Waals surface area (Å²) in [6.45, 7) is 3.91. The zero-order valence-electron chi connectivity index (χ0n) is 12.8. The average Bonchev–Trinajstić information content (AvgIpc) is 2.86. The molecule has 1 atom stereocenters. The molecular weight excluding hydrogens is 268 g/mol. The van der Waals surface area contributed by atoms with Crippen molar-refractivity contribution >= 4 is 11.7 Å². The zero-order chi connectivity index (χ0) is 15.2. The summed E-state index contributed by atoms with van der Waals surface area (Å²) in [6.07, 6.45) is 3.49. The summed E-state index contributed by atoms with van der Waals surface area (Å²) in [7, 11) is 2.15. The molecule has 1 aromatic rings. The molecule has 0 aliphatic carbocycles. The third-order valence-corrected chi connectivity index (χ3v) is 3.91. The van der Waals surface area contributed by atoms with E-state index < -0.39 is 5.97 Å². The molecule has 5 nitrogen and oxygen atoms in total. The Bertz CT molecular complexity index is 490. The van der Waals surface area contributed by atoms with Crippen molar-refractivity contribution in [3.8, 4) is 5.75 Å². The second-order valence-corrected chi connectivity index (χ2v) is 5.38. The highest BCUT2D eigenvalue weighted by molar-refractivity contribution is 5.95. The Labute approximate surface area is 126 Å². The van der Waals surface area contributed by atoms with Crippen molar-refractivity contribution in [2.75, 3.05) is 32.5 Å². The van der Waals surface area contributed by atoms with E-state index in [1.54, 1.807) is 25.1 Å². The molecule has 1 aliphatic rings. The molecule has 0 radical (unpaired) electrons. The Kier molecular flexibility index (Phi) is 5.44. The molecular formula is C16H24N2O3. The van der Waals surface area contributed by atoms with Gasteiger partial charge >= 0.3 is 5.97 Å². The van der Waals surface area contributed by atoms with Crippen LogP contribution in [-0.4, -0.2) is 43.7 Å². The smallest absolute Gasteiger partial charge is 0.340 e. The first kappa shape index (κ1) is 15.6. The molecule has 116 valence electrons. The standard InChI is InChI=1S/C16H24N2O3/c1-3-20-16(19)14-11-13(6-7-15(14)17)21-10-8-12-5-4-9-18(12)2/h6-7,11-12H,3-5,8-10,17H2,1-2H3. The number of carbonyl (C=O) groups is 1. The SMILES string of the molecule is CCOC(=O)c1cc(OCCC2CCCN2C)ccc1N. The molecule has 1 aliphatic heterocycles. The first-order valence-electron chi connectivity index (χ1n) is 7.51. The minimum atomic E-state index is -0.407. The van der Waals surface area contributed by atoms with Crippen LogP contribution in [0.3, 0.4) is 0 Å². The minimum Gasteiger partial charge on any atom is -0.494 e. The molecule has 21 heavy (non-hydrogen) atoms. The summed E-state index contributed by atoms with van der Waals surface area (Å²) in [6, 6.07) is 5.73. The number of rotatable bonds is 6. The van der Waals surface area contributed by atoms with Crippen molar-refractivity contribution in [1.82, 2.24) is 4.90 Å². The van der Waals surface area contributed by atoms with Crippen LogP contribution < -0.4 is 10.5 Å². The second-order valence-electron chi connectivity index (χ2n) is 5.38. The van der Waals surface area contributed by atoms with Gasteiger partial charge in [-0.15, -0.1) is 0 Å². The fourth-order valence-electron chi connectivity index (χ4n) is 2.67. The number of hydrogen-bond donors (Lipinski definition) is 1. The number of benzene rings is 1. The lowest BCUT2D eigenvalue weighted by molar-refractivity contribution is 0.0527. The molecule has 0 bridgehead atoms. The molecule has 2 rings (SSSR count). The molecule has 0 spiro atoms. The molecule has 1 unspecified atom stereocenters. The quantitative estimate of drug-likeness (QED) is 0.644. The first-order valence-corrected chi connectivity index (χ1v) is 7.51. The number of ether oxygens (including phenoxy) is 2. The van der Waals surface area contributed by atoms with Crippen LogP contribution in [0.4, 0.5) is 5.69 Å². The molecule has 0 aromatic heterocycles. The fraction of sp³-hybridized carbons (Fsp3) is 0.562. The third-order valence-electron chi connectivity index (χ3n) is 3.91. The van der Waals surface area contributed by atoms with E-state index in [2.05, 4.69) is 11.9 Å². The van der Waals surface area contributed by atoms with Crippen molar-refractivity contribution in [2.45, 2.75) is 32.2 Å². The van der Waals surface area contributed by atoms with E-state index in [0.717, 1.165) is 6.42 Å². The maximum atomic E-state index is 11.8. The number of esters is 1. The Balaban J connectivity index is 1.91. The number of anilines is 1. The van der Waals surface area contributed by atoms with Gasteiger partial charge in [-0.3, -0.25) is 0 Å². The van der Waals surface area contributed by atoms with Crippen molar-refractivity contribution in [3.05, 3.63) is 23.8 Å². The van der Waals surface area contributed by atoms with E-state index in [9.17, 15) is 4.79 Å². The lowest BCUT2D eigenvalue weighted by Gasteiger charge is -2.19. The topological polar surface area (TPSA) is 64.8 Å². The van der Waals surface area contributed by atoms with E-state index in [4.69, 9.17) is 15.2 Å². The largest absolute Gasteiger partial charge is 0.494 e. The van der Waals surface area contributed by atoms with Crippen molar-refractivity contribution in [3.63, 3.8) is 0 Å². The maximum Gasteiger partial charge on any atom is 0.340 e. The second kappa shape index (κ2) is 7.31. The molecule has 5 heteroatoms. The van der Waals surface area contributed by atoms with Gasteiger partial charge in [0.15, 0.2) is 0 Å². The van der Waals surface area contributed by atoms with Gasteiger partial charge in [-0.25, -0.2) is 4.79 Å². The van der Waals surface area contributed by atoms with Crippen molar-refractivity contribution < 1.29 is 14.3 Å². The van der Waals surface area contributed by atoms with Crippen LogP contribution in [0.15, 0.2) is 18.2 Å². The fourth-order valence-corrected chi connectivity index (χ4v) is 2.67. The Morgan fingerprint density at radius 3 is 2.95 bits per heavy atom. The van der Waals surface area contributed by atoms with Gasteiger partial charge in [-0.2, -0.15) is 0 Å². The molecule has 2 N–H and O–H groups in total. The minimum absolute atomic E-state index is 0.331. The predicted molar refractivity (Wildman–Crippen MR) is 82.6 cm³/mol. The summed E-state index contributed by atoms with van der Waals surface area (Å²) in [5, 5.41) is 0. The van der Waals surface area contributed by atoms with E-state index >= 15 is 0 Å². The van der Waals surface area contributed by atoms with Crippen molar-refractivity contribution in [2.24, 2.45) is 0 Å². The molecule has 0 amide bonds. The summed E-state index contributed by atoms with van der Waals surface area (Å²) in [5.41, 5.74) is 6.59. The predicted octanol–water partition coefficient (Wildman–Crippen LogP) is 2.31. The molecule has 1 fully saturated rings. The van der Waals surface area contributed by atoms with E-state index in [1.807, 2.05) is 0 Å². The van der Waals surface area contributed by atoms with Crippen LogP contribution in [0, 0.1) is 0 Å². The molecule has 1 saturated heterocycles. The van der Waals surface area contributed by atoms with Gasteiger partial charge in [-0.1, -0.05) is 0 Å². The summed E-state index contributed by atoms with van der Waals surface area (Å²) in [4.78, 5) is 14.2. The lowest BCUT2D eigenvalue weighted by atomic mass is 10.1. The zero-order valence-corrected chi connectivity index (χ0v) is 12.8. The molecule has 0 saturated carbocycles. The Morgan fingerprint density at radius 1 is 1.48 bits per heavy atom. The van der Waals surface area contributed by atoms with Gasteiger partial charge in [0.1, 0.15) is 5.75 Å². The third kappa shape index (κ3) is 4.11. The van der Waals surface area contributed by atoms with Crippen LogP contribution in [0.2, 0.25) is 0 Å².